The quantitative estimate of drug-likeness (QED) is 0.414. The Morgan fingerprint density at radius 2 is 1.85 bits per heavy atom. The monoisotopic (exact) mass is 468 g/mol. The first kappa shape index (κ1) is 21.8. The van der Waals surface area contributed by atoms with Crippen LogP contribution in [0.3, 0.4) is 0 Å². The van der Waals surface area contributed by atoms with Gasteiger partial charge in [-0.2, -0.15) is 0 Å². The third kappa shape index (κ3) is 4.40. The molecule has 34 heavy (non-hydrogen) atoms. The fourth-order valence-corrected chi connectivity index (χ4v) is 4.53. The Morgan fingerprint density at radius 1 is 1.03 bits per heavy atom. The highest BCUT2D eigenvalue weighted by Crippen LogP contribution is 2.39. The normalized spacial score (nSPS) is 17.4. The molecular weight excluding hydrogens is 444 g/mol. The van der Waals surface area contributed by atoms with Gasteiger partial charge in [0, 0.05) is 30.0 Å². The average molecular weight is 469 g/mol. The molecule has 7 nitrogen and oxygen atoms in total. The van der Waals surface area contributed by atoms with Gasteiger partial charge in [-0.15, -0.1) is 0 Å². The molecule has 1 amide bonds. The number of thiocarbonyl (C=S) groups is 1. The average Bonchev–Trinajstić information content (AvgIpc) is 3.45. The van der Waals surface area contributed by atoms with Gasteiger partial charge in [0.2, 0.25) is 5.91 Å². The molecule has 0 bridgehead atoms. The Hall–Kier alpha value is -4.04. The molecule has 0 spiro atoms. The van der Waals surface area contributed by atoms with Gasteiger partial charge in [-0.3, -0.25) is 9.78 Å². The SMILES string of the molecule is Cc1ccc(-n2cccc2[C@H]2[C@@H](c3ccccn3)NC(=S)N2CC(=O)Nc2ccccc2)nc1. The van der Waals surface area contributed by atoms with E-state index in [1.807, 2.05) is 102 Å². The second-order valence-corrected chi connectivity index (χ2v) is 8.55. The van der Waals surface area contributed by atoms with Crippen molar-refractivity contribution in [3.8, 4) is 5.82 Å². The zero-order valence-corrected chi connectivity index (χ0v) is 19.4. The molecule has 1 aliphatic rings. The summed E-state index contributed by atoms with van der Waals surface area (Å²) in [6.45, 7) is 2.11. The van der Waals surface area contributed by atoms with Gasteiger partial charge < -0.3 is 20.1 Å². The van der Waals surface area contributed by atoms with Crippen LogP contribution < -0.4 is 10.6 Å². The molecule has 0 unspecified atom stereocenters. The molecule has 170 valence electrons. The first-order chi connectivity index (χ1) is 16.6. The second kappa shape index (κ2) is 9.44. The van der Waals surface area contributed by atoms with Gasteiger partial charge >= 0.3 is 0 Å². The van der Waals surface area contributed by atoms with Crippen molar-refractivity contribution in [3.05, 3.63) is 108 Å². The highest BCUT2D eigenvalue weighted by Gasteiger charge is 2.42. The Kier molecular flexibility index (Phi) is 6.05. The van der Waals surface area contributed by atoms with E-state index >= 15 is 0 Å². The number of para-hydroxylation sites is 1. The smallest absolute Gasteiger partial charge is 0.244 e. The Labute approximate surface area is 203 Å². The van der Waals surface area contributed by atoms with Crippen LogP contribution in [0.25, 0.3) is 5.82 Å². The van der Waals surface area contributed by atoms with E-state index < -0.39 is 0 Å². The molecule has 4 heterocycles. The number of rotatable bonds is 6. The molecule has 8 heteroatoms. The number of aryl methyl sites for hydroxylation is 1. The van der Waals surface area contributed by atoms with Crippen molar-refractivity contribution in [1.82, 2.24) is 24.8 Å². The number of anilines is 1. The summed E-state index contributed by atoms with van der Waals surface area (Å²) >= 11 is 5.71. The number of hydrogen-bond donors (Lipinski definition) is 2. The minimum atomic E-state index is -0.262. The molecule has 2 N–H and O–H groups in total. The van der Waals surface area contributed by atoms with Gasteiger partial charge in [-0.1, -0.05) is 30.3 Å². The summed E-state index contributed by atoms with van der Waals surface area (Å²) in [5.74, 6) is 0.658. The van der Waals surface area contributed by atoms with Crippen LogP contribution in [0.1, 0.15) is 29.0 Å². The standard InChI is InChI=1S/C26H24N6OS/c1-18-12-13-22(28-16-18)31-15-7-11-21(31)25-24(20-10-5-6-14-27-20)30-26(34)32(25)17-23(33)29-19-8-3-2-4-9-19/h2-16,24-25H,17H2,1H3,(H,29,33)(H,30,34)/t24-,25+/m1/s1. The molecule has 1 aromatic carbocycles. The molecule has 0 radical (unpaired) electrons. The highest BCUT2D eigenvalue weighted by atomic mass is 32.1. The van der Waals surface area contributed by atoms with E-state index in [0.29, 0.717) is 5.11 Å². The molecule has 5 rings (SSSR count). The number of carbonyl (C=O) groups is 1. The van der Waals surface area contributed by atoms with Gasteiger partial charge in [0.1, 0.15) is 12.4 Å². The third-order valence-corrected chi connectivity index (χ3v) is 6.15. The van der Waals surface area contributed by atoms with Crippen LogP contribution in [0.2, 0.25) is 0 Å². The fourth-order valence-electron chi connectivity index (χ4n) is 4.22. The van der Waals surface area contributed by atoms with Gasteiger partial charge in [0.15, 0.2) is 5.11 Å². The topological polar surface area (TPSA) is 75.1 Å². The minimum Gasteiger partial charge on any atom is -0.352 e. The van der Waals surface area contributed by atoms with Crippen LogP contribution in [-0.4, -0.2) is 37.0 Å². The number of nitrogens with zero attached hydrogens (tertiary/aromatic N) is 4. The molecule has 1 fully saturated rings. The number of aromatic nitrogens is 3. The Balaban J connectivity index is 1.51. The van der Waals surface area contributed by atoms with E-state index in [1.165, 1.54) is 0 Å². The van der Waals surface area contributed by atoms with Gasteiger partial charge in [-0.05, 0) is 67.2 Å². The molecule has 4 aromatic rings. The van der Waals surface area contributed by atoms with Gasteiger partial charge in [0.25, 0.3) is 0 Å². The van der Waals surface area contributed by atoms with Gasteiger partial charge in [-0.25, -0.2) is 4.98 Å². The van der Waals surface area contributed by atoms with Crippen molar-refractivity contribution in [2.45, 2.75) is 19.0 Å². The number of pyridine rings is 2. The third-order valence-electron chi connectivity index (χ3n) is 5.80. The van der Waals surface area contributed by atoms with Crippen molar-refractivity contribution >= 4 is 28.9 Å². The van der Waals surface area contributed by atoms with Crippen LogP contribution >= 0.6 is 12.2 Å². The molecule has 0 saturated carbocycles. The maximum absolute atomic E-state index is 13.0. The predicted molar refractivity (Wildman–Crippen MR) is 136 cm³/mol. The van der Waals surface area contributed by atoms with E-state index in [-0.39, 0.29) is 24.5 Å². The lowest BCUT2D eigenvalue weighted by molar-refractivity contribution is -0.116. The Bertz CT molecular complexity index is 1290. The van der Waals surface area contributed by atoms with E-state index in [2.05, 4.69) is 20.6 Å². The Morgan fingerprint density at radius 3 is 2.59 bits per heavy atom. The highest BCUT2D eigenvalue weighted by molar-refractivity contribution is 7.80. The summed E-state index contributed by atoms with van der Waals surface area (Å²) in [6.07, 6.45) is 5.59. The summed E-state index contributed by atoms with van der Waals surface area (Å²) in [5.41, 5.74) is 3.65. The van der Waals surface area contributed by atoms with Crippen molar-refractivity contribution in [3.63, 3.8) is 0 Å². The molecule has 3 aromatic heterocycles. The van der Waals surface area contributed by atoms with E-state index in [0.717, 1.165) is 28.5 Å². The van der Waals surface area contributed by atoms with E-state index in [4.69, 9.17) is 12.2 Å². The van der Waals surface area contributed by atoms with Gasteiger partial charge in [0.05, 0.1) is 17.8 Å². The van der Waals surface area contributed by atoms with Crippen molar-refractivity contribution in [2.75, 3.05) is 11.9 Å². The molecule has 0 aliphatic carbocycles. The number of carbonyl (C=O) groups excluding carboxylic acids is 1. The predicted octanol–water partition coefficient (Wildman–Crippen LogP) is 4.19. The minimum absolute atomic E-state index is 0.0984. The zero-order chi connectivity index (χ0) is 23.5. The van der Waals surface area contributed by atoms with Crippen LogP contribution in [-0.2, 0) is 4.79 Å². The van der Waals surface area contributed by atoms with E-state index in [1.54, 1.807) is 6.20 Å². The zero-order valence-electron chi connectivity index (χ0n) is 18.6. The largest absolute Gasteiger partial charge is 0.352 e. The van der Waals surface area contributed by atoms with Crippen LogP contribution in [0.4, 0.5) is 5.69 Å². The lowest BCUT2D eigenvalue weighted by atomic mass is 10.0. The maximum atomic E-state index is 13.0. The van der Waals surface area contributed by atoms with Crippen LogP contribution in [0, 0.1) is 6.92 Å². The number of hydrogen-bond acceptors (Lipinski definition) is 4. The number of amides is 1. The van der Waals surface area contributed by atoms with Crippen molar-refractivity contribution in [2.24, 2.45) is 0 Å². The second-order valence-electron chi connectivity index (χ2n) is 8.17. The summed E-state index contributed by atoms with van der Waals surface area (Å²) < 4.78 is 2.04. The van der Waals surface area contributed by atoms with Crippen LogP contribution in [0.15, 0.2) is 91.4 Å². The maximum Gasteiger partial charge on any atom is 0.244 e. The summed E-state index contributed by atoms with van der Waals surface area (Å²) in [4.78, 5) is 24.1. The molecule has 2 atom stereocenters. The van der Waals surface area contributed by atoms with Crippen LogP contribution in [0.5, 0.6) is 0 Å². The lowest BCUT2D eigenvalue weighted by Crippen LogP contribution is -2.37. The fraction of sp³-hybridized carbons (Fsp3) is 0.154. The van der Waals surface area contributed by atoms with Crippen molar-refractivity contribution < 1.29 is 4.79 Å². The van der Waals surface area contributed by atoms with E-state index in [9.17, 15) is 4.79 Å². The molecule has 1 aliphatic heterocycles. The molecule has 1 saturated heterocycles. The summed E-state index contributed by atoms with van der Waals surface area (Å²) in [5, 5.41) is 6.86. The molecular formula is C26H24N6OS. The first-order valence-electron chi connectivity index (χ1n) is 11.0. The number of benzene rings is 1. The number of nitrogens with one attached hydrogen (secondary N) is 2. The van der Waals surface area contributed by atoms with Crippen molar-refractivity contribution in [1.29, 1.82) is 0 Å². The first-order valence-corrected chi connectivity index (χ1v) is 11.4. The summed E-state index contributed by atoms with van der Waals surface area (Å²) in [6, 6.07) is 22.8. The summed E-state index contributed by atoms with van der Waals surface area (Å²) in [7, 11) is 0. The lowest BCUT2D eigenvalue weighted by Gasteiger charge is -2.28.